The first-order chi connectivity index (χ1) is 9.76. The molecule has 6 heteroatoms. The van der Waals surface area contributed by atoms with Gasteiger partial charge in [-0.3, -0.25) is 9.89 Å². The summed E-state index contributed by atoms with van der Waals surface area (Å²) in [4.78, 5) is 16.6. The van der Waals surface area contributed by atoms with E-state index < -0.39 is 0 Å². The number of aryl methyl sites for hydroxylation is 2. The molecule has 20 heavy (non-hydrogen) atoms. The maximum absolute atomic E-state index is 12.2. The molecular formula is C14H18N4OS. The zero-order valence-electron chi connectivity index (χ0n) is 11.5. The number of hydrogen-bond donors (Lipinski definition) is 2. The van der Waals surface area contributed by atoms with E-state index in [-0.39, 0.29) is 11.9 Å². The Kier molecular flexibility index (Phi) is 3.82. The molecule has 1 aliphatic rings. The minimum atomic E-state index is -0.0587. The Hall–Kier alpha value is -1.69. The second-order valence-corrected chi connectivity index (χ2v) is 6.11. The number of rotatable bonds is 4. The zero-order chi connectivity index (χ0) is 13.9. The number of aromatic nitrogens is 3. The highest BCUT2D eigenvalue weighted by atomic mass is 32.1. The van der Waals surface area contributed by atoms with Gasteiger partial charge in [-0.25, -0.2) is 4.98 Å². The summed E-state index contributed by atoms with van der Waals surface area (Å²) in [5.41, 5.74) is 2.97. The monoisotopic (exact) mass is 290 g/mol. The van der Waals surface area contributed by atoms with Gasteiger partial charge in [-0.2, -0.15) is 5.10 Å². The van der Waals surface area contributed by atoms with Crippen LogP contribution in [-0.2, 0) is 19.3 Å². The lowest BCUT2D eigenvalue weighted by atomic mass is 9.94. The molecule has 1 aliphatic carbocycles. The molecular weight excluding hydrogens is 272 g/mol. The lowest BCUT2D eigenvalue weighted by Crippen LogP contribution is -2.39. The number of nitrogens with one attached hydrogen (secondary N) is 2. The molecule has 0 fully saturated rings. The van der Waals surface area contributed by atoms with Gasteiger partial charge in [0.05, 0.1) is 11.2 Å². The Bertz CT molecular complexity index is 604. The molecule has 2 aromatic rings. The number of aromatic amines is 1. The molecule has 0 spiro atoms. The maximum atomic E-state index is 12.2. The quantitative estimate of drug-likeness (QED) is 0.906. The van der Waals surface area contributed by atoms with E-state index in [1.807, 2.05) is 11.6 Å². The normalized spacial score (nSPS) is 17.8. The van der Waals surface area contributed by atoms with Crippen LogP contribution in [0.2, 0.25) is 0 Å². The van der Waals surface area contributed by atoms with Gasteiger partial charge in [-0.1, -0.05) is 6.92 Å². The summed E-state index contributed by atoms with van der Waals surface area (Å²) in [5.74, 6) is -0.0587. The molecule has 0 bridgehead atoms. The third kappa shape index (κ3) is 2.75. The van der Waals surface area contributed by atoms with Crippen LogP contribution in [0.1, 0.15) is 46.5 Å². The minimum absolute atomic E-state index is 0.0587. The number of thiazole rings is 1. The number of carbonyl (C=O) groups is 1. The molecule has 0 saturated carbocycles. The van der Waals surface area contributed by atoms with Crippen molar-refractivity contribution < 1.29 is 4.79 Å². The number of H-pyrrole nitrogens is 1. The van der Waals surface area contributed by atoms with Gasteiger partial charge < -0.3 is 5.32 Å². The van der Waals surface area contributed by atoms with E-state index >= 15 is 0 Å². The largest absolute Gasteiger partial charge is 0.348 e. The van der Waals surface area contributed by atoms with Crippen LogP contribution in [0.4, 0.5) is 0 Å². The molecule has 2 aromatic heterocycles. The Balaban J connectivity index is 1.61. The molecule has 0 unspecified atom stereocenters. The summed E-state index contributed by atoms with van der Waals surface area (Å²) in [6.07, 6.45) is 6.63. The summed E-state index contributed by atoms with van der Waals surface area (Å²) < 4.78 is 0. The molecule has 2 N–H and O–H groups in total. The average molecular weight is 290 g/mol. The van der Waals surface area contributed by atoms with E-state index in [1.165, 1.54) is 5.56 Å². The van der Waals surface area contributed by atoms with Crippen LogP contribution in [0.3, 0.4) is 0 Å². The smallest absolute Gasteiger partial charge is 0.270 e. The van der Waals surface area contributed by atoms with Crippen LogP contribution in [0.5, 0.6) is 0 Å². The first kappa shape index (κ1) is 13.3. The van der Waals surface area contributed by atoms with Crippen LogP contribution < -0.4 is 5.32 Å². The molecule has 106 valence electrons. The van der Waals surface area contributed by atoms with E-state index in [2.05, 4.69) is 27.4 Å². The summed E-state index contributed by atoms with van der Waals surface area (Å²) in [7, 11) is 0. The number of amides is 1. The Morgan fingerprint density at radius 1 is 1.60 bits per heavy atom. The highest BCUT2D eigenvalue weighted by Crippen LogP contribution is 2.19. The van der Waals surface area contributed by atoms with Gasteiger partial charge in [0.2, 0.25) is 0 Å². The number of fused-ring (bicyclic) bond motifs is 1. The first-order valence-electron chi connectivity index (χ1n) is 7.02. The molecule has 1 amide bonds. The Morgan fingerprint density at radius 2 is 2.50 bits per heavy atom. The molecule has 0 radical (unpaired) electrons. The van der Waals surface area contributed by atoms with E-state index in [0.717, 1.165) is 42.8 Å². The SMILES string of the molecule is CCCc1nc(C(=O)N[C@@H]2CCc3cn[nH]c3C2)cs1. The number of nitrogens with zero attached hydrogens (tertiary/aromatic N) is 2. The second-order valence-electron chi connectivity index (χ2n) is 5.16. The fourth-order valence-electron chi connectivity index (χ4n) is 2.53. The molecule has 5 nitrogen and oxygen atoms in total. The van der Waals surface area contributed by atoms with E-state index in [0.29, 0.717) is 5.69 Å². The van der Waals surface area contributed by atoms with E-state index in [1.54, 1.807) is 11.3 Å². The van der Waals surface area contributed by atoms with Crippen molar-refractivity contribution in [1.82, 2.24) is 20.5 Å². The summed E-state index contributed by atoms with van der Waals surface area (Å²) >= 11 is 1.57. The first-order valence-corrected chi connectivity index (χ1v) is 7.90. The van der Waals surface area contributed by atoms with Crippen molar-refractivity contribution in [2.24, 2.45) is 0 Å². The molecule has 0 aliphatic heterocycles. The summed E-state index contributed by atoms with van der Waals surface area (Å²) in [6, 6.07) is 0.173. The van der Waals surface area contributed by atoms with Gasteiger partial charge in [0, 0.05) is 23.5 Å². The fraction of sp³-hybridized carbons (Fsp3) is 0.500. The van der Waals surface area contributed by atoms with Crippen molar-refractivity contribution in [2.45, 2.75) is 45.1 Å². The van der Waals surface area contributed by atoms with Crippen LogP contribution in [0, 0.1) is 0 Å². The molecule has 2 heterocycles. The number of carbonyl (C=O) groups excluding carboxylic acids is 1. The van der Waals surface area contributed by atoms with Gasteiger partial charge in [0.25, 0.3) is 5.91 Å². The summed E-state index contributed by atoms with van der Waals surface area (Å²) in [5, 5.41) is 13.0. The minimum Gasteiger partial charge on any atom is -0.348 e. The molecule has 0 saturated heterocycles. The Labute approximate surface area is 121 Å². The Morgan fingerprint density at radius 3 is 3.35 bits per heavy atom. The lowest BCUT2D eigenvalue weighted by molar-refractivity contribution is 0.0929. The van der Waals surface area contributed by atoms with Crippen molar-refractivity contribution in [3.63, 3.8) is 0 Å². The third-order valence-electron chi connectivity index (χ3n) is 3.60. The van der Waals surface area contributed by atoms with E-state index in [9.17, 15) is 4.79 Å². The van der Waals surface area contributed by atoms with Gasteiger partial charge >= 0.3 is 0 Å². The van der Waals surface area contributed by atoms with Crippen molar-refractivity contribution >= 4 is 17.2 Å². The summed E-state index contributed by atoms with van der Waals surface area (Å²) in [6.45, 7) is 2.12. The highest BCUT2D eigenvalue weighted by molar-refractivity contribution is 7.09. The molecule has 3 rings (SSSR count). The zero-order valence-corrected chi connectivity index (χ0v) is 12.3. The van der Waals surface area contributed by atoms with Crippen molar-refractivity contribution in [2.75, 3.05) is 0 Å². The van der Waals surface area contributed by atoms with Gasteiger partial charge in [-0.05, 0) is 31.2 Å². The third-order valence-corrected chi connectivity index (χ3v) is 4.51. The van der Waals surface area contributed by atoms with Crippen molar-refractivity contribution in [1.29, 1.82) is 0 Å². The predicted molar refractivity (Wildman–Crippen MR) is 78.0 cm³/mol. The molecule has 1 atom stereocenters. The van der Waals surface area contributed by atoms with Crippen LogP contribution in [-0.4, -0.2) is 27.1 Å². The fourth-order valence-corrected chi connectivity index (χ4v) is 3.42. The van der Waals surface area contributed by atoms with Gasteiger partial charge in [0.15, 0.2) is 0 Å². The van der Waals surface area contributed by atoms with Gasteiger partial charge in [0.1, 0.15) is 5.69 Å². The topological polar surface area (TPSA) is 70.7 Å². The second kappa shape index (κ2) is 5.75. The lowest BCUT2D eigenvalue weighted by Gasteiger charge is -2.22. The predicted octanol–water partition coefficient (Wildman–Crippen LogP) is 2.11. The average Bonchev–Trinajstić information content (AvgIpc) is 3.07. The van der Waals surface area contributed by atoms with Crippen LogP contribution in [0.15, 0.2) is 11.6 Å². The van der Waals surface area contributed by atoms with E-state index in [4.69, 9.17) is 0 Å². The highest BCUT2D eigenvalue weighted by Gasteiger charge is 2.22. The number of hydrogen-bond acceptors (Lipinski definition) is 4. The van der Waals surface area contributed by atoms with Gasteiger partial charge in [-0.15, -0.1) is 11.3 Å². The van der Waals surface area contributed by atoms with Crippen LogP contribution in [0.25, 0.3) is 0 Å². The molecule has 0 aromatic carbocycles. The maximum Gasteiger partial charge on any atom is 0.270 e. The standard InChI is InChI=1S/C14H18N4OS/c1-2-3-13-17-12(8-20-13)14(19)16-10-5-4-9-7-15-18-11(9)6-10/h7-8,10H,2-6H2,1H3,(H,15,18)(H,16,19)/t10-/m1/s1. The van der Waals surface area contributed by atoms with Crippen molar-refractivity contribution in [3.05, 3.63) is 33.5 Å². The van der Waals surface area contributed by atoms with Crippen molar-refractivity contribution in [3.8, 4) is 0 Å². The van der Waals surface area contributed by atoms with Crippen LogP contribution >= 0.6 is 11.3 Å².